The summed E-state index contributed by atoms with van der Waals surface area (Å²) in [4.78, 5) is 31.9. The fourth-order valence-electron chi connectivity index (χ4n) is 4.01. The van der Waals surface area contributed by atoms with E-state index in [4.69, 9.17) is 0 Å². The molecule has 1 aliphatic heterocycles. The van der Waals surface area contributed by atoms with E-state index in [0.717, 1.165) is 18.5 Å². The highest BCUT2D eigenvalue weighted by molar-refractivity contribution is 5.77. The third-order valence-electron chi connectivity index (χ3n) is 5.48. The maximum Gasteiger partial charge on any atom is 0.276 e. The Labute approximate surface area is 164 Å². The molecule has 1 N–H and O–H groups in total. The molecule has 7 heteroatoms. The summed E-state index contributed by atoms with van der Waals surface area (Å²) in [6.45, 7) is 4.41. The zero-order valence-electron chi connectivity index (χ0n) is 16.1. The largest absolute Gasteiger partial charge is 0.356 e. The highest BCUT2D eigenvalue weighted by atomic mass is 16.2. The summed E-state index contributed by atoms with van der Waals surface area (Å²) in [6.07, 6.45) is 8.68. The van der Waals surface area contributed by atoms with Gasteiger partial charge in [-0.1, -0.05) is 6.42 Å². The van der Waals surface area contributed by atoms with Crippen LogP contribution in [0.3, 0.4) is 0 Å². The van der Waals surface area contributed by atoms with Crippen molar-refractivity contribution >= 4 is 22.6 Å². The standard InChI is InChI=1S/C21H27N5O2/c27-19(22-11-6-14-24-12-2-1-3-13-24)9-16-26-20-17(7-4-10-23-20)25-15-5-8-18(25)21(26)28/h4-5,7-8,10,15H,1-3,6,9,11-14,16H2,(H,22,27). The molecule has 1 amide bonds. The molecule has 0 aromatic carbocycles. The van der Waals surface area contributed by atoms with Gasteiger partial charge in [0.25, 0.3) is 5.56 Å². The van der Waals surface area contributed by atoms with Crippen LogP contribution in [0.4, 0.5) is 0 Å². The summed E-state index contributed by atoms with van der Waals surface area (Å²) < 4.78 is 3.46. The first kappa shape index (κ1) is 18.7. The molecule has 0 radical (unpaired) electrons. The van der Waals surface area contributed by atoms with Crippen LogP contribution in [0, 0.1) is 0 Å². The molecule has 148 valence electrons. The SMILES string of the molecule is O=C(CCn1c(=O)c2cccn2c2cccnc21)NCCCN1CCCCC1. The molecule has 0 saturated carbocycles. The number of pyridine rings is 1. The lowest BCUT2D eigenvalue weighted by molar-refractivity contribution is -0.121. The Balaban J connectivity index is 1.36. The normalized spacial score (nSPS) is 15.3. The van der Waals surface area contributed by atoms with Crippen molar-refractivity contribution in [3.8, 4) is 0 Å². The van der Waals surface area contributed by atoms with Gasteiger partial charge in [0.05, 0.1) is 5.52 Å². The third kappa shape index (κ3) is 3.94. The van der Waals surface area contributed by atoms with Gasteiger partial charge >= 0.3 is 0 Å². The molecule has 1 saturated heterocycles. The fourth-order valence-corrected chi connectivity index (χ4v) is 4.01. The Kier molecular flexibility index (Phi) is 5.71. The molecule has 3 aromatic heterocycles. The molecule has 0 spiro atoms. The lowest BCUT2D eigenvalue weighted by Gasteiger charge is -2.26. The Bertz CT molecular complexity index is 1020. The molecule has 4 heterocycles. The summed E-state index contributed by atoms with van der Waals surface area (Å²) in [5.74, 6) is -0.0233. The molecule has 0 atom stereocenters. The van der Waals surface area contributed by atoms with Crippen molar-refractivity contribution in [2.45, 2.75) is 38.6 Å². The van der Waals surface area contributed by atoms with Crippen LogP contribution < -0.4 is 10.9 Å². The van der Waals surface area contributed by atoms with Gasteiger partial charge in [0.15, 0.2) is 5.65 Å². The van der Waals surface area contributed by atoms with Gasteiger partial charge in [0.1, 0.15) is 5.52 Å². The van der Waals surface area contributed by atoms with E-state index in [0.29, 0.717) is 24.3 Å². The van der Waals surface area contributed by atoms with Crippen LogP contribution in [0.1, 0.15) is 32.1 Å². The average molecular weight is 381 g/mol. The van der Waals surface area contributed by atoms with Crippen molar-refractivity contribution < 1.29 is 4.79 Å². The number of hydrogen-bond donors (Lipinski definition) is 1. The van der Waals surface area contributed by atoms with E-state index in [2.05, 4.69) is 15.2 Å². The lowest BCUT2D eigenvalue weighted by atomic mass is 10.1. The van der Waals surface area contributed by atoms with Gasteiger partial charge in [0, 0.05) is 31.9 Å². The first-order valence-corrected chi connectivity index (χ1v) is 10.2. The van der Waals surface area contributed by atoms with Crippen molar-refractivity contribution in [1.29, 1.82) is 0 Å². The number of piperidine rings is 1. The van der Waals surface area contributed by atoms with Crippen LogP contribution in [-0.4, -0.2) is 50.9 Å². The van der Waals surface area contributed by atoms with Gasteiger partial charge < -0.3 is 14.6 Å². The number of nitrogens with zero attached hydrogens (tertiary/aromatic N) is 4. The van der Waals surface area contributed by atoms with Crippen molar-refractivity contribution in [2.75, 3.05) is 26.2 Å². The molecule has 28 heavy (non-hydrogen) atoms. The first-order chi connectivity index (χ1) is 13.7. The Morgan fingerprint density at radius 3 is 2.75 bits per heavy atom. The minimum Gasteiger partial charge on any atom is -0.356 e. The number of fused-ring (bicyclic) bond motifs is 3. The van der Waals surface area contributed by atoms with E-state index in [9.17, 15) is 9.59 Å². The highest BCUT2D eigenvalue weighted by Crippen LogP contribution is 2.13. The molecule has 1 aliphatic rings. The molecule has 0 unspecified atom stereocenters. The summed E-state index contributed by atoms with van der Waals surface area (Å²) in [6, 6.07) is 7.44. The van der Waals surface area contributed by atoms with E-state index in [1.807, 2.05) is 28.8 Å². The average Bonchev–Trinajstić information content (AvgIpc) is 3.22. The minimum absolute atomic E-state index is 0.0233. The predicted molar refractivity (Wildman–Crippen MR) is 109 cm³/mol. The summed E-state index contributed by atoms with van der Waals surface area (Å²) >= 11 is 0. The van der Waals surface area contributed by atoms with Gasteiger partial charge in [-0.25, -0.2) is 4.98 Å². The second-order valence-electron chi connectivity index (χ2n) is 7.42. The van der Waals surface area contributed by atoms with Gasteiger partial charge in [-0.3, -0.25) is 14.2 Å². The fraction of sp³-hybridized carbons (Fsp3) is 0.476. The van der Waals surface area contributed by atoms with Crippen molar-refractivity contribution in [2.24, 2.45) is 0 Å². The maximum atomic E-state index is 12.8. The number of rotatable bonds is 7. The summed E-state index contributed by atoms with van der Waals surface area (Å²) in [7, 11) is 0. The second kappa shape index (κ2) is 8.56. The van der Waals surface area contributed by atoms with Crippen LogP contribution >= 0.6 is 0 Å². The molecule has 4 rings (SSSR count). The number of nitrogens with one attached hydrogen (secondary N) is 1. The number of aryl methyl sites for hydroxylation is 1. The van der Waals surface area contributed by atoms with Crippen LogP contribution in [0.5, 0.6) is 0 Å². The molecular weight excluding hydrogens is 354 g/mol. The van der Waals surface area contributed by atoms with E-state index >= 15 is 0 Å². The molecule has 1 fully saturated rings. The molecule has 0 bridgehead atoms. The number of likely N-dealkylation sites (tertiary alicyclic amines) is 1. The van der Waals surface area contributed by atoms with Crippen LogP contribution in [0.25, 0.3) is 16.7 Å². The molecule has 7 nitrogen and oxygen atoms in total. The van der Waals surface area contributed by atoms with Crippen LogP contribution in [-0.2, 0) is 11.3 Å². The molecular formula is C21H27N5O2. The Morgan fingerprint density at radius 1 is 1.07 bits per heavy atom. The quantitative estimate of drug-likeness (QED) is 0.636. The Hall–Kier alpha value is -2.67. The minimum atomic E-state index is -0.117. The topological polar surface area (TPSA) is 71.6 Å². The van der Waals surface area contributed by atoms with Crippen LogP contribution in [0.2, 0.25) is 0 Å². The van der Waals surface area contributed by atoms with E-state index < -0.39 is 0 Å². The number of hydrogen-bond acceptors (Lipinski definition) is 4. The van der Waals surface area contributed by atoms with Gasteiger partial charge in [-0.05, 0) is 63.2 Å². The monoisotopic (exact) mass is 381 g/mol. The van der Waals surface area contributed by atoms with Gasteiger partial charge in [-0.15, -0.1) is 0 Å². The van der Waals surface area contributed by atoms with E-state index in [1.54, 1.807) is 16.8 Å². The predicted octanol–water partition coefficient (Wildman–Crippen LogP) is 2.03. The second-order valence-corrected chi connectivity index (χ2v) is 7.42. The smallest absolute Gasteiger partial charge is 0.276 e. The molecule has 3 aromatic rings. The summed E-state index contributed by atoms with van der Waals surface area (Å²) in [5.41, 5.74) is 1.95. The lowest BCUT2D eigenvalue weighted by Crippen LogP contribution is -2.34. The van der Waals surface area contributed by atoms with Crippen LogP contribution in [0.15, 0.2) is 41.5 Å². The maximum absolute atomic E-state index is 12.8. The highest BCUT2D eigenvalue weighted by Gasteiger charge is 2.13. The van der Waals surface area contributed by atoms with E-state index in [-0.39, 0.29) is 17.9 Å². The zero-order chi connectivity index (χ0) is 19.3. The first-order valence-electron chi connectivity index (χ1n) is 10.2. The van der Waals surface area contributed by atoms with Gasteiger partial charge in [-0.2, -0.15) is 0 Å². The Morgan fingerprint density at radius 2 is 1.89 bits per heavy atom. The number of amides is 1. The zero-order valence-corrected chi connectivity index (χ0v) is 16.1. The third-order valence-corrected chi connectivity index (χ3v) is 5.48. The number of carbonyl (C=O) groups excluding carboxylic acids is 1. The van der Waals surface area contributed by atoms with Crippen molar-refractivity contribution in [3.63, 3.8) is 0 Å². The van der Waals surface area contributed by atoms with Crippen molar-refractivity contribution in [1.82, 2.24) is 24.2 Å². The van der Waals surface area contributed by atoms with E-state index in [1.165, 1.54) is 32.4 Å². The molecule has 0 aliphatic carbocycles. The van der Waals surface area contributed by atoms with Crippen molar-refractivity contribution in [3.05, 3.63) is 47.0 Å². The number of aromatic nitrogens is 3. The summed E-state index contributed by atoms with van der Waals surface area (Å²) in [5, 5.41) is 2.99. The van der Waals surface area contributed by atoms with Gasteiger partial charge in [0.2, 0.25) is 5.91 Å². The number of carbonyl (C=O) groups is 1.